The van der Waals surface area contributed by atoms with E-state index < -0.39 is 0 Å². The molecule has 0 aliphatic rings. The molecule has 0 amide bonds. The molecule has 1 heteroatoms. The number of hydrogen-bond acceptors (Lipinski definition) is 1. The van der Waals surface area contributed by atoms with Crippen LogP contribution in [0.4, 0.5) is 0 Å². The summed E-state index contributed by atoms with van der Waals surface area (Å²) in [6.07, 6.45) is 1.06. The van der Waals surface area contributed by atoms with Crippen LogP contribution in [-0.2, 0) is 0 Å². The van der Waals surface area contributed by atoms with Crippen molar-refractivity contribution in [1.82, 2.24) is 0 Å². The molecule has 78 valence electrons. The topological polar surface area (TPSA) is 26.0 Å². The Morgan fingerprint density at radius 2 is 1.86 bits per heavy atom. The Morgan fingerprint density at radius 1 is 1.21 bits per heavy atom. The van der Waals surface area contributed by atoms with Crippen molar-refractivity contribution >= 4 is 0 Å². The lowest BCUT2D eigenvalue weighted by Gasteiger charge is -2.17. The van der Waals surface area contributed by atoms with Crippen LogP contribution >= 0.6 is 0 Å². The van der Waals surface area contributed by atoms with Gasteiger partial charge in [0.1, 0.15) is 0 Å². The van der Waals surface area contributed by atoms with Gasteiger partial charge in [0, 0.05) is 6.04 Å². The second-order valence-corrected chi connectivity index (χ2v) is 4.47. The molecule has 0 saturated heterocycles. The minimum Gasteiger partial charge on any atom is -0.328 e. The summed E-state index contributed by atoms with van der Waals surface area (Å²) >= 11 is 0. The Kier molecular flexibility index (Phi) is 3.70. The van der Waals surface area contributed by atoms with Crippen molar-refractivity contribution in [3.8, 4) is 0 Å². The highest BCUT2D eigenvalue weighted by molar-refractivity contribution is 5.32. The van der Waals surface area contributed by atoms with E-state index in [4.69, 9.17) is 5.73 Å². The maximum Gasteiger partial charge on any atom is 0.00162 e. The van der Waals surface area contributed by atoms with E-state index in [-0.39, 0.29) is 6.04 Å². The maximum absolute atomic E-state index is 5.81. The Morgan fingerprint density at radius 3 is 2.36 bits per heavy atom. The largest absolute Gasteiger partial charge is 0.328 e. The molecule has 0 fully saturated rings. The highest BCUT2D eigenvalue weighted by Crippen LogP contribution is 2.24. The van der Waals surface area contributed by atoms with Crippen molar-refractivity contribution in [3.05, 3.63) is 34.9 Å². The van der Waals surface area contributed by atoms with E-state index in [0.29, 0.717) is 5.92 Å². The molecule has 0 aliphatic carbocycles. The molecule has 0 saturated carbocycles. The molecule has 1 nitrogen and oxygen atoms in total. The van der Waals surface area contributed by atoms with E-state index in [9.17, 15) is 0 Å². The smallest absolute Gasteiger partial charge is 0.00162 e. The van der Waals surface area contributed by atoms with Crippen molar-refractivity contribution in [2.24, 2.45) is 5.73 Å². The standard InChI is InChI=1S/C13H21N/c1-9-5-6-13(10(2)7-9)11(3)8-12(4)14/h5-7,11-12H,8,14H2,1-4H3. The molecule has 0 radical (unpaired) electrons. The first-order valence-electron chi connectivity index (χ1n) is 5.33. The summed E-state index contributed by atoms with van der Waals surface area (Å²) in [5.74, 6) is 0.565. The summed E-state index contributed by atoms with van der Waals surface area (Å²) in [5, 5.41) is 0. The van der Waals surface area contributed by atoms with Crippen molar-refractivity contribution in [2.45, 2.75) is 46.1 Å². The van der Waals surface area contributed by atoms with Crippen LogP contribution in [0.1, 0.15) is 42.9 Å². The molecule has 2 N–H and O–H groups in total. The average molecular weight is 191 g/mol. The van der Waals surface area contributed by atoms with Crippen molar-refractivity contribution in [2.75, 3.05) is 0 Å². The number of rotatable bonds is 3. The van der Waals surface area contributed by atoms with E-state index in [1.807, 2.05) is 0 Å². The van der Waals surface area contributed by atoms with Crippen molar-refractivity contribution < 1.29 is 0 Å². The average Bonchev–Trinajstić information content (AvgIpc) is 2.01. The molecule has 0 aromatic heterocycles. The molecule has 1 rings (SSSR count). The molecule has 0 aliphatic heterocycles. The Hall–Kier alpha value is -0.820. The fourth-order valence-corrected chi connectivity index (χ4v) is 2.06. The zero-order valence-corrected chi connectivity index (χ0v) is 9.67. The highest BCUT2D eigenvalue weighted by atomic mass is 14.6. The maximum atomic E-state index is 5.81. The Balaban J connectivity index is 2.84. The third-order valence-electron chi connectivity index (χ3n) is 2.68. The second kappa shape index (κ2) is 4.61. The van der Waals surface area contributed by atoms with E-state index in [1.165, 1.54) is 16.7 Å². The molecule has 1 aromatic rings. The Bertz CT molecular complexity index is 302. The van der Waals surface area contributed by atoms with E-state index in [0.717, 1.165) is 6.42 Å². The van der Waals surface area contributed by atoms with Crippen LogP contribution in [0, 0.1) is 13.8 Å². The summed E-state index contributed by atoms with van der Waals surface area (Å²) in [6, 6.07) is 6.94. The molecule has 14 heavy (non-hydrogen) atoms. The van der Waals surface area contributed by atoms with Crippen LogP contribution < -0.4 is 5.73 Å². The van der Waals surface area contributed by atoms with E-state index in [2.05, 4.69) is 45.9 Å². The summed E-state index contributed by atoms with van der Waals surface area (Å²) < 4.78 is 0. The Labute approximate surface area is 87.3 Å². The first-order valence-corrected chi connectivity index (χ1v) is 5.33. The summed E-state index contributed by atoms with van der Waals surface area (Å²) in [5.41, 5.74) is 9.97. The number of hydrogen-bond donors (Lipinski definition) is 1. The zero-order valence-electron chi connectivity index (χ0n) is 9.67. The van der Waals surface area contributed by atoms with Gasteiger partial charge in [-0.05, 0) is 44.2 Å². The van der Waals surface area contributed by atoms with Crippen LogP contribution in [0.15, 0.2) is 18.2 Å². The molecule has 2 unspecified atom stereocenters. The minimum atomic E-state index is 0.283. The van der Waals surface area contributed by atoms with Gasteiger partial charge in [-0.1, -0.05) is 30.7 Å². The van der Waals surface area contributed by atoms with Crippen LogP contribution in [0.5, 0.6) is 0 Å². The lowest BCUT2D eigenvalue weighted by molar-refractivity contribution is 0.584. The van der Waals surface area contributed by atoms with Gasteiger partial charge in [0.2, 0.25) is 0 Å². The SMILES string of the molecule is Cc1ccc(C(C)CC(C)N)c(C)c1. The lowest BCUT2D eigenvalue weighted by Crippen LogP contribution is -2.17. The van der Waals surface area contributed by atoms with Gasteiger partial charge in [-0.3, -0.25) is 0 Å². The van der Waals surface area contributed by atoms with E-state index >= 15 is 0 Å². The lowest BCUT2D eigenvalue weighted by atomic mass is 9.90. The zero-order chi connectivity index (χ0) is 10.7. The van der Waals surface area contributed by atoms with Gasteiger partial charge in [0.15, 0.2) is 0 Å². The van der Waals surface area contributed by atoms with Crippen molar-refractivity contribution in [1.29, 1.82) is 0 Å². The first kappa shape index (κ1) is 11.3. The van der Waals surface area contributed by atoms with Gasteiger partial charge in [-0.15, -0.1) is 0 Å². The normalized spacial score (nSPS) is 15.2. The monoisotopic (exact) mass is 191 g/mol. The summed E-state index contributed by atoms with van der Waals surface area (Å²) in [4.78, 5) is 0. The van der Waals surface area contributed by atoms with Gasteiger partial charge in [0.25, 0.3) is 0 Å². The quantitative estimate of drug-likeness (QED) is 0.780. The van der Waals surface area contributed by atoms with E-state index in [1.54, 1.807) is 0 Å². The van der Waals surface area contributed by atoms with Gasteiger partial charge in [-0.2, -0.15) is 0 Å². The third-order valence-corrected chi connectivity index (χ3v) is 2.68. The van der Waals surface area contributed by atoms with Crippen LogP contribution in [-0.4, -0.2) is 6.04 Å². The molecule has 0 spiro atoms. The molecule has 1 aromatic carbocycles. The van der Waals surface area contributed by atoms with Gasteiger partial charge < -0.3 is 5.73 Å². The predicted molar refractivity (Wildman–Crippen MR) is 62.6 cm³/mol. The van der Waals surface area contributed by atoms with Crippen LogP contribution in [0.3, 0.4) is 0 Å². The number of nitrogens with two attached hydrogens (primary N) is 1. The van der Waals surface area contributed by atoms with Gasteiger partial charge in [0.05, 0.1) is 0 Å². The first-order chi connectivity index (χ1) is 6.50. The molecular formula is C13H21N. The van der Waals surface area contributed by atoms with Crippen LogP contribution in [0.2, 0.25) is 0 Å². The van der Waals surface area contributed by atoms with Gasteiger partial charge in [-0.25, -0.2) is 0 Å². The molecule has 0 heterocycles. The fourth-order valence-electron chi connectivity index (χ4n) is 2.06. The number of aryl methyl sites for hydroxylation is 2. The van der Waals surface area contributed by atoms with Crippen LogP contribution in [0.25, 0.3) is 0 Å². The fraction of sp³-hybridized carbons (Fsp3) is 0.538. The summed E-state index contributed by atoms with van der Waals surface area (Å²) in [7, 11) is 0. The summed E-state index contributed by atoms with van der Waals surface area (Å²) in [6.45, 7) is 8.63. The highest BCUT2D eigenvalue weighted by Gasteiger charge is 2.10. The molecule has 2 atom stereocenters. The predicted octanol–water partition coefficient (Wildman–Crippen LogP) is 3.14. The second-order valence-electron chi connectivity index (χ2n) is 4.47. The van der Waals surface area contributed by atoms with Gasteiger partial charge >= 0.3 is 0 Å². The molecule has 0 bridgehead atoms. The third kappa shape index (κ3) is 2.85. The minimum absolute atomic E-state index is 0.283. The van der Waals surface area contributed by atoms with Crippen molar-refractivity contribution in [3.63, 3.8) is 0 Å². The number of benzene rings is 1. The molecular weight excluding hydrogens is 170 g/mol.